The van der Waals surface area contributed by atoms with Crippen LogP contribution in [0.4, 0.5) is 5.69 Å². The number of ether oxygens (including phenoxy) is 1. The summed E-state index contributed by atoms with van der Waals surface area (Å²) >= 11 is 0. The summed E-state index contributed by atoms with van der Waals surface area (Å²) in [7, 11) is 0. The van der Waals surface area contributed by atoms with E-state index in [2.05, 4.69) is 41.4 Å². The Morgan fingerprint density at radius 2 is 2.05 bits per heavy atom. The van der Waals surface area contributed by atoms with Crippen LogP contribution in [0.3, 0.4) is 0 Å². The van der Waals surface area contributed by atoms with Gasteiger partial charge in [0, 0.05) is 37.5 Å². The van der Waals surface area contributed by atoms with Gasteiger partial charge in [0.2, 0.25) is 0 Å². The van der Waals surface area contributed by atoms with E-state index in [9.17, 15) is 0 Å². The summed E-state index contributed by atoms with van der Waals surface area (Å²) in [4.78, 5) is 2.52. The van der Waals surface area contributed by atoms with Gasteiger partial charge < -0.3 is 15.0 Å². The number of para-hydroxylation sites is 1. The van der Waals surface area contributed by atoms with Crippen LogP contribution >= 0.6 is 0 Å². The highest BCUT2D eigenvalue weighted by Crippen LogP contribution is 2.25. The highest BCUT2D eigenvalue weighted by molar-refractivity contribution is 5.54. The number of hydrogen-bond donors (Lipinski definition) is 1. The van der Waals surface area contributed by atoms with Gasteiger partial charge >= 0.3 is 0 Å². The van der Waals surface area contributed by atoms with E-state index >= 15 is 0 Å². The van der Waals surface area contributed by atoms with E-state index in [4.69, 9.17) is 4.74 Å². The first-order chi connectivity index (χ1) is 9.27. The first-order valence-corrected chi connectivity index (χ1v) is 7.42. The summed E-state index contributed by atoms with van der Waals surface area (Å²) in [5, 5.41) is 3.69. The molecule has 0 spiro atoms. The van der Waals surface area contributed by atoms with E-state index < -0.39 is 0 Å². The van der Waals surface area contributed by atoms with E-state index in [1.165, 1.54) is 37.2 Å². The van der Waals surface area contributed by atoms with Crippen LogP contribution in [0.1, 0.15) is 31.7 Å². The highest BCUT2D eigenvalue weighted by atomic mass is 16.5. The van der Waals surface area contributed by atoms with Gasteiger partial charge in [0.25, 0.3) is 0 Å². The molecule has 2 saturated heterocycles. The summed E-state index contributed by atoms with van der Waals surface area (Å²) in [5.41, 5.74) is 2.98. The third kappa shape index (κ3) is 2.93. The van der Waals surface area contributed by atoms with Crippen LogP contribution in [0.25, 0.3) is 0 Å². The van der Waals surface area contributed by atoms with Crippen LogP contribution < -0.4 is 10.2 Å². The van der Waals surface area contributed by atoms with Crippen LogP contribution in [0.2, 0.25) is 0 Å². The average molecular weight is 260 g/mol. The van der Waals surface area contributed by atoms with Crippen LogP contribution in [0.5, 0.6) is 0 Å². The zero-order valence-corrected chi connectivity index (χ0v) is 11.8. The largest absolute Gasteiger partial charge is 0.379 e. The molecule has 1 aromatic rings. The van der Waals surface area contributed by atoms with Crippen LogP contribution in [-0.4, -0.2) is 31.8 Å². The van der Waals surface area contributed by atoms with Crippen LogP contribution in [0.15, 0.2) is 24.3 Å². The number of rotatable bonds is 4. The Kier molecular flexibility index (Phi) is 3.76. The van der Waals surface area contributed by atoms with Crippen molar-refractivity contribution in [2.75, 3.05) is 31.2 Å². The van der Waals surface area contributed by atoms with Gasteiger partial charge in [-0.25, -0.2) is 0 Å². The van der Waals surface area contributed by atoms with Crippen molar-refractivity contribution in [3.63, 3.8) is 0 Å². The van der Waals surface area contributed by atoms with Gasteiger partial charge in [-0.2, -0.15) is 0 Å². The fraction of sp³-hybridized carbons (Fsp3) is 0.625. The maximum atomic E-state index is 5.51. The fourth-order valence-corrected chi connectivity index (χ4v) is 3.04. The SMILES string of the molecule is CC1(NCc2ccccc2N2CCCC2)CCOC1. The van der Waals surface area contributed by atoms with Gasteiger partial charge in [-0.05, 0) is 37.8 Å². The molecule has 0 radical (unpaired) electrons. The molecule has 1 unspecified atom stereocenters. The Morgan fingerprint density at radius 1 is 1.26 bits per heavy atom. The van der Waals surface area contributed by atoms with Gasteiger partial charge in [-0.15, -0.1) is 0 Å². The second-order valence-electron chi connectivity index (χ2n) is 6.04. The zero-order chi connectivity index (χ0) is 13.1. The van der Waals surface area contributed by atoms with Crippen molar-refractivity contribution in [3.05, 3.63) is 29.8 Å². The van der Waals surface area contributed by atoms with Crippen molar-refractivity contribution in [2.45, 2.75) is 38.3 Å². The standard InChI is InChI=1S/C16H24N2O/c1-16(8-11-19-13-16)17-12-14-6-2-3-7-15(14)18-9-4-5-10-18/h2-3,6-7,17H,4-5,8-13H2,1H3. The normalized spacial score (nSPS) is 27.1. The van der Waals surface area contributed by atoms with E-state index in [0.29, 0.717) is 0 Å². The molecule has 104 valence electrons. The van der Waals surface area contributed by atoms with E-state index in [1.54, 1.807) is 0 Å². The minimum atomic E-state index is 0.151. The molecule has 2 aliphatic heterocycles. The number of hydrogen-bond acceptors (Lipinski definition) is 3. The van der Waals surface area contributed by atoms with Gasteiger partial charge in [0.05, 0.1) is 6.61 Å². The summed E-state index contributed by atoms with van der Waals surface area (Å²) in [6.45, 7) is 7.33. The Hall–Kier alpha value is -1.06. The summed E-state index contributed by atoms with van der Waals surface area (Å²) in [5.74, 6) is 0. The molecular weight excluding hydrogens is 236 g/mol. The van der Waals surface area contributed by atoms with Crippen molar-refractivity contribution in [2.24, 2.45) is 0 Å². The molecule has 3 heteroatoms. The predicted molar refractivity (Wildman–Crippen MR) is 78.6 cm³/mol. The molecule has 2 fully saturated rings. The van der Waals surface area contributed by atoms with E-state index in [1.807, 2.05) is 0 Å². The van der Waals surface area contributed by atoms with Crippen molar-refractivity contribution < 1.29 is 4.74 Å². The van der Waals surface area contributed by atoms with Crippen molar-refractivity contribution >= 4 is 5.69 Å². The molecule has 1 atom stereocenters. The second kappa shape index (κ2) is 5.51. The quantitative estimate of drug-likeness (QED) is 0.900. The highest BCUT2D eigenvalue weighted by Gasteiger charge is 2.29. The number of anilines is 1. The first-order valence-electron chi connectivity index (χ1n) is 7.42. The van der Waals surface area contributed by atoms with Crippen LogP contribution in [0, 0.1) is 0 Å². The van der Waals surface area contributed by atoms with Gasteiger partial charge in [0.1, 0.15) is 0 Å². The second-order valence-corrected chi connectivity index (χ2v) is 6.04. The van der Waals surface area contributed by atoms with Crippen LogP contribution in [-0.2, 0) is 11.3 Å². The van der Waals surface area contributed by atoms with E-state index in [0.717, 1.165) is 26.2 Å². The lowest BCUT2D eigenvalue weighted by atomic mass is 10.0. The summed E-state index contributed by atoms with van der Waals surface area (Å²) in [6, 6.07) is 8.80. The Balaban J connectivity index is 1.69. The molecule has 3 rings (SSSR count). The maximum absolute atomic E-state index is 5.51. The molecule has 0 bridgehead atoms. The minimum Gasteiger partial charge on any atom is -0.379 e. The number of nitrogens with one attached hydrogen (secondary N) is 1. The third-order valence-electron chi connectivity index (χ3n) is 4.36. The third-order valence-corrected chi connectivity index (χ3v) is 4.36. The van der Waals surface area contributed by atoms with Crippen molar-refractivity contribution in [3.8, 4) is 0 Å². The molecule has 0 aliphatic carbocycles. The topological polar surface area (TPSA) is 24.5 Å². The smallest absolute Gasteiger partial charge is 0.0646 e. The molecular formula is C16H24N2O. The average Bonchev–Trinajstić information content (AvgIpc) is 3.09. The lowest BCUT2D eigenvalue weighted by Crippen LogP contribution is -2.42. The molecule has 1 aromatic carbocycles. The Morgan fingerprint density at radius 3 is 2.79 bits per heavy atom. The summed E-state index contributed by atoms with van der Waals surface area (Å²) in [6.07, 6.45) is 3.76. The Bertz CT molecular complexity index is 421. The predicted octanol–water partition coefficient (Wildman–Crippen LogP) is 2.56. The lowest BCUT2D eigenvalue weighted by Gasteiger charge is -2.26. The molecule has 0 aromatic heterocycles. The maximum Gasteiger partial charge on any atom is 0.0646 e. The summed E-state index contributed by atoms with van der Waals surface area (Å²) < 4.78 is 5.51. The minimum absolute atomic E-state index is 0.151. The molecule has 19 heavy (non-hydrogen) atoms. The Labute approximate surface area is 115 Å². The number of nitrogens with zero attached hydrogens (tertiary/aromatic N) is 1. The van der Waals surface area contributed by atoms with Gasteiger partial charge in [0.15, 0.2) is 0 Å². The molecule has 2 heterocycles. The van der Waals surface area contributed by atoms with Gasteiger partial charge in [-0.1, -0.05) is 18.2 Å². The van der Waals surface area contributed by atoms with Crippen molar-refractivity contribution in [1.82, 2.24) is 5.32 Å². The molecule has 1 N–H and O–H groups in total. The fourth-order valence-electron chi connectivity index (χ4n) is 3.04. The monoisotopic (exact) mass is 260 g/mol. The number of benzene rings is 1. The lowest BCUT2D eigenvalue weighted by molar-refractivity contribution is 0.171. The molecule has 0 saturated carbocycles. The molecule has 2 aliphatic rings. The van der Waals surface area contributed by atoms with Crippen molar-refractivity contribution in [1.29, 1.82) is 0 Å². The zero-order valence-electron chi connectivity index (χ0n) is 11.8. The molecule has 3 nitrogen and oxygen atoms in total. The van der Waals surface area contributed by atoms with Gasteiger partial charge in [-0.3, -0.25) is 0 Å². The molecule has 0 amide bonds. The first kappa shape index (κ1) is 12.9. The van der Waals surface area contributed by atoms with E-state index in [-0.39, 0.29) is 5.54 Å².